The Morgan fingerprint density at radius 1 is 1.27 bits per heavy atom. The minimum Gasteiger partial charge on any atom is -0.388 e. The van der Waals surface area contributed by atoms with Crippen molar-refractivity contribution >= 4 is 34.9 Å². The monoisotopic (exact) mass is 431 g/mol. The number of hydrogen-bond donors (Lipinski definition) is 2. The van der Waals surface area contributed by atoms with Crippen LogP contribution in [0.15, 0.2) is 23.1 Å². The number of anilines is 1. The van der Waals surface area contributed by atoms with E-state index in [1.807, 2.05) is 0 Å². The molecule has 2 aromatic rings. The van der Waals surface area contributed by atoms with Crippen molar-refractivity contribution < 1.29 is 13.5 Å². The van der Waals surface area contributed by atoms with Gasteiger partial charge in [0.05, 0.1) is 17.9 Å². The number of aromatic nitrogens is 3. The zero-order chi connectivity index (χ0) is 21.7. The summed E-state index contributed by atoms with van der Waals surface area (Å²) in [7, 11) is 3.20. The smallest absolute Gasteiger partial charge is 0.252 e. The van der Waals surface area contributed by atoms with Crippen molar-refractivity contribution in [3.63, 3.8) is 0 Å². The number of nitrogens with zero attached hydrogens (tertiary/aromatic N) is 4. The van der Waals surface area contributed by atoms with E-state index in [-0.39, 0.29) is 17.5 Å². The Morgan fingerprint density at radius 3 is 2.57 bits per heavy atom. The molecule has 1 aliphatic carbocycles. The van der Waals surface area contributed by atoms with Crippen LogP contribution in [0.1, 0.15) is 45.1 Å². The molecule has 30 heavy (non-hydrogen) atoms. The van der Waals surface area contributed by atoms with Crippen LogP contribution < -0.4 is 10.9 Å². The zero-order valence-corrected chi connectivity index (χ0v) is 18.0. The fraction of sp³-hybridized carbons (Fsp3) is 0.632. The maximum absolute atomic E-state index is 12.7. The minimum atomic E-state index is -3.25. The lowest BCUT2D eigenvalue weighted by Gasteiger charge is -2.39. The average molecular weight is 431 g/mol. The number of aliphatic hydroxyl groups is 1. The number of pyridine rings is 1. The van der Waals surface area contributed by atoms with Crippen LogP contribution in [0, 0.1) is 0 Å². The molecule has 0 spiro atoms. The molecule has 2 aromatic heterocycles. The van der Waals surface area contributed by atoms with Gasteiger partial charge in [-0.25, -0.2) is 17.7 Å². The van der Waals surface area contributed by atoms with Crippen LogP contribution in [0.5, 0.6) is 0 Å². The first-order valence-corrected chi connectivity index (χ1v) is 12.0. The molecule has 0 unspecified atom stereocenters. The summed E-state index contributed by atoms with van der Waals surface area (Å²) in [6.07, 6.45) is 5.77. The molecule has 2 fully saturated rings. The Hall–Kier alpha value is -1.98. The molecular formula is C19H26BN5O4S. The molecule has 2 radical (unpaired) electrons. The molecule has 0 bridgehead atoms. The maximum atomic E-state index is 12.7. The van der Waals surface area contributed by atoms with Gasteiger partial charge in [0.1, 0.15) is 13.5 Å². The fourth-order valence-corrected chi connectivity index (χ4v) is 5.35. The molecule has 4 rings (SSSR count). The third kappa shape index (κ3) is 3.98. The third-order valence-electron chi connectivity index (χ3n) is 6.30. The minimum absolute atomic E-state index is 0.219. The molecule has 1 aliphatic heterocycles. The molecule has 0 aromatic carbocycles. The molecule has 3 heterocycles. The Morgan fingerprint density at radius 2 is 1.97 bits per heavy atom. The summed E-state index contributed by atoms with van der Waals surface area (Å²) in [4.78, 5) is 21.6. The third-order valence-corrected chi connectivity index (χ3v) is 7.60. The van der Waals surface area contributed by atoms with Gasteiger partial charge in [0.15, 0.2) is 0 Å². The van der Waals surface area contributed by atoms with E-state index in [0.29, 0.717) is 49.8 Å². The summed E-state index contributed by atoms with van der Waals surface area (Å²) >= 11 is 0. The maximum Gasteiger partial charge on any atom is 0.252 e. The van der Waals surface area contributed by atoms with Gasteiger partial charge in [-0.3, -0.25) is 9.36 Å². The predicted octanol–water partition coefficient (Wildman–Crippen LogP) is 0.600. The molecule has 9 nitrogen and oxygen atoms in total. The molecule has 2 aliphatic rings. The lowest BCUT2D eigenvalue weighted by Crippen LogP contribution is -2.51. The van der Waals surface area contributed by atoms with Crippen molar-refractivity contribution in [2.75, 3.05) is 24.7 Å². The fourth-order valence-electron chi connectivity index (χ4n) is 4.50. The number of nitrogens with one attached hydrogen (secondary N) is 1. The van der Waals surface area contributed by atoms with E-state index in [2.05, 4.69) is 15.3 Å². The lowest BCUT2D eigenvalue weighted by molar-refractivity contribution is 0.0267. The van der Waals surface area contributed by atoms with Gasteiger partial charge < -0.3 is 10.4 Å². The van der Waals surface area contributed by atoms with E-state index in [0.717, 1.165) is 6.42 Å². The molecule has 0 amide bonds. The van der Waals surface area contributed by atoms with Gasteiger partial charge >= 0.3 is 0 Å². The first kappa shape index (κ1) is 21.3. The van der Waals surface area contributed by atoms with Gasteiger partial charge in [0.25, 0.3) is 5.56 Å². The second-order valence-corrected chi connectivity index (χ2v) is 10.7. The molecule has 2 N–H and O–H groups in total. The van der Waals surface area contributed by atoms with Crippen molar-refractivity contribution in [1.82, 2.24) is 18.8 Å². The van der Waals surface area contributed by atoms with Crippen LogP contribution in [0.25, 0.3) is 11.0 Å². The van der Waals surface area contributed by atoms with Crippen molar-refractivity contribution in [2.24, 2.45) is 0 Å². The highest BCUT2D eigenvalue weighted by Gasteiger charge is 2.39. The van der Waals surface area contributed by atoms with E-state index >= 15 is 0 Å². The van der Waals surface area contributed by atoms with Crippen LogP contribution in [-0.4, -0.2) is 70.6 Å². The van der Waals surface area contributed by atoms with E-state index in [1.54, 1.807) is 23.8 Å². The van der Waals surface area contributed by atoms with E-state index in [4.69, 9.17) is 7.85 Å². The summed E-state index contributed by atoms with van der Waals surface area (Å²) in [5.74, 6) is 0.273. The molecule has 160 valence electrons. The molecule has 1 saturated heterocycles. The lowest BCUT2D eigenvalue weighted by atomic mass is 9.71. The summed E-state index contributed by atoms with van der Waals surface area (Å²) in [5, 5.41) is 14.6. The van der Waals surface area contributed by atoms with Crippen LogP contribution >= 0.6 is 0 Å². The van der Waals surface area contributed by atoms with Gasteiger partial charge in [-0.05, 0) is 45.1 Å². The van der Waals surface area contributed by atoms with Crippen LogP contribution in [0.3, 0.4) is 0 Å². The number of piperidine rings is 1. The number of sulfonamides is 1. The largest absolute Gasteiger partial charge is 0.388 e. The van der Waals surface area contributed by atoms with E-state index in [1.165, 1.54) is 16.6 Å². The van der Waals surface area contributed by atoms with Gasteiger partial charge in [0.2, 0.25) is 16.0 Å². The summed E-state index contributed by atoms with van der Waals surface area (Å²) in [6.45, 7) is 2.37. The summed E-state index contributed by atoms with van der Waals surface area (Å²) in [5.41, 5.74) is -1.61. The standard InChI is InChI=1S/C19H26BN5O4S/c1-18(27)7-3-4-14(18)25-15(26)6-5-13-12-21-17(22-16(13)25)23-19(20)8-10-24(11-9-19)30(2,28)29/h5-6,12,14,27H,3-4,7-11H2,1-2H3,(H,21,22,23)/t14-,18-/m1/s1. The van der Waals surface area contributed by atoms with E-state index in [9.17, 15) is 18.3 Å². The van der Waals surface area contributed by atoms with Gasteiger partial charge in [0, 0.05) is 36.2 Å². The molecule has 2 atom stereocenters. The Bertz CT molecular complexity index is 1130. The average Bonchev–Trinajstić information content (AvgIpc) is 2.99. The van der Waals surface area contributed by atoms with Crippen molar-refractivity contribution in [2.45, 2.75) is 56.1 Å². The van der Waals surface area contributed by atoms with Crippen LogP contribution in [0.2, 0.25) is 0 Å². The van der Waals surface area contributed by atoms with Crippen molar-refractivity contribution in [3.8, 4) is 0 Å². The predicted molar refractivity (Wildman–Crippen MR) is 115 cm³/mol. The molecular weight excluding hydrogens is 405 g/mol. The first-order chi connectivity index (χ1) is 14.0. The number of fused-ring (bicyclic) bond motifs is 1. The van der Waals surface area contributed by atoms with Gasteiger partial charge in [-0.2, -0.15) is 4.98 Å². The Balaban J connectivity index is 1.65. The van der Waals surface area contributed by atoms with Crippen LogP contribution in [0.4, 0.5) is 5.95 Å². The highest BCUT2D eigenvalue weighted by atomic mass is 32.2. The first-order valence-electron chi connectivity index (χ1n) is 10.1. The van der Waals surface area contributed by atoms with Gasteiger partial charge in [-0.1, -0.05) is 0 Å². The van der Waals surface area contributed by atoms with Crippen LogP contribution in [-0.2, 0) is 10.0 Å². The number of hydrogen-bond acceptors (Lipinski definition) is 7. The Labute approximate surface area is 177 Å². The van der Waals surface area contributed by atoms with Gasteiger partial charge in [-0.15, -0.1) is 0 Å². The second kappa shape index (κ2) is 7.31. The SMILES string of the molecule is [B]C1(Nc2ncc3ccc(=O)n([C@@H]4CCC[C@@]4(C)O)c3n2)CCN(S(C)(=O)=O)CC1. The normalized spacial score (nSPS) is 27.4. The van der Waals surface area contributed by atoms with E-state index < -0.39 is 21.1 Å². The highest BCUT2D eigenvalue weighted by molar-refractivity contribution is 7.88. The summed E-state index contributed by atoms with van der Waals surface area (Å²) < 4.78 is 26.4. The Kier molecular flexibility index (Phi) is 5.18. The molecule has 1 saturated carbocycles. The quantitative estimate of drug-likeness (QED) is 0.681. The van der Waals surface area contributed by atoms with Crippen molar-refractivity contribution in [3.05, 3.63) is 28.7 Å². The topological polar surface area (TPSA) is 117 Å². The number of rotatable bonds is 4. The second-order valence-electron chi connectivity index (χ2n) is 8.72. The highest BCUT2D eigenvalue weighted by Crippen LogP contribution is 2.39. The van der Waals surface area contributed by atoms with Crippen molar-refractivity contribution in [1.29, 1.82) is 0 Å². The molecule has 11 heteroatoms. The summed E-state index contributed by atoms with van der Waals surface area (Å²) in [6, 6.07) is 2.78. The zero-order valence-electron chi connectivity index (χ0n) is 17.2.